The maximum absolute atomic E-state index is 12.7. The molecule has 1 saturated heterocycles. The lowest BCUT2D eigenvalue weighted by Gasteiger charge is -2.27. The van der Waals surface area contributed by atoms with Crippen LogP contribution in [-0.2, 0) is 22.7 Å². The molecule has 1 saturated carbocycles. The highest BCUT2D eigenvalue weighted by Crippen LogP contribution is 2.56. The molecule has 0 radical (unpaired) electrons. The standard InChI is InChI=1S/C19H26ClN3O3/c1-18(2)11-19(18,26)17(25)23-7-3-4-15(23)16(24)22-10-13-8-14(20)6-5-12(13)9-21/h5-6,8,15,26H,3-4,7,9-11,21H2,1-2H3,(H,22,24)/t15-,19+/m0/s1. The van der Waals surface area contributed by atoms with Crippen molar-refractivity contribution in [2.24, 2.45) is 11.1 Å². The van der Waals surface area contributed by atoms with Crippen molar-refractivity contribution >= 4 is 23.4 Å². The van der Waals surface area contributed by atoms with Gasteiger partial charge in [0, 0.05) is 30.1 Å². The largest absolute Gasteiger partial charge is 0.379 e. The van der Waals surface area contributed by atoms with E-state index < -0.39 is 17.1 Å². The molecule has 26 heavy (non-hydrogen) atoms. The van der Waals surface area contributed by atoms with E-state index in [2.05, 4.69) is 5.32 Å². The normalized spacial score (nSPS) is 26.7. The van der Waals surface area contributed by atoms with E-state index >= 15 is 0 Å². The highest BCUT2D eigenvalue weighted by molar-refractivity contribution is 6.30. The summed E-state index contributed by atoms with van der Waals surface area (Å²) in [6.07, 6.45) is 1.80. The van der Waals surface area contributed by atoms with Crippen LogP contribution in [0.15, 0.2) is 18.2 Å². The molecule has 7 heteroatoms. The summed E-state index contributed by atoms with van der Waals surface area (Å²) in [5.74, 6) is -0.536. The van der Waals surface area contributed by atoms with Crippen molar-refractivity contribution in [2.75, 3.05) is 6.54 Å². The molecular weight excluding hydrogens is 354 g/mol. The van der Waals surface area contributed by atoms with Gasteiger partial charge in [-0.15, -0.1) is 0 Å². The molecule has 2 atom stereocenters. The van der Waals surface area contributed by atoms with E-state index in [4.69, 9.17) is 17.3 Å². The summed E-state index contributed by atoms with van der Waals surface area (Å²) < 4.78 is 0. The average molecular weight is 380 g/mol. The van der Waals surface area contributed by atoms with Gasteiger partial charge in [-0.2, -0.15) is 0 Å². The Hall–Kier alpha value is -1.63. The van der Waals surface area contributed by atoms with Crippen LogP contribution in [-0.4, -0.2) is 40.0 Å². The summed E-state index contributed by atoms with van der Waals surface area (Å²) in [7, 11) is 0. The van der Waals surface area contributed by atoms with E-state index in [1.807, 2.05) is 19.9 Å². The number of benzene rings is 1. The van der Waals surface area contributed by atoms with Crippen LogP contribution in [0.5, 0.6) is 0 Å². The highest BCUT2D eigenvalue weighted by atomic mass is 35.5. The summed E-state index contributed by atoms with van der Waals surface area (Å²) >= 11 is 6.03. The summed E-state index contributed by atoms with van der Waals surface area (Å²) in [5.41, 5.74) is 5.76. The molecule has 0 bridgehead atoms. The van der Waals surface area contributed by atoms with E-state index in [0.29, 0.717) is 37.5 Å². The van der Waals surface area contributed by atoms with Gasteiger partial charge in [-0.1, -0.05) is 31.5 Å². The van der Waals surface area contributed by atoms with Gasteiger partial charge in [0.15, 0.2) is 0 Å². The Morgan fingerprint density at radius 2 is 2.08 bits per heavy atom. The van der Waals surface area contributed by atoms with Crippen LogP contribution in [0.25, 0.3) is 0 Å². The van der Waals surface area contributed by atoms with Crippen LogP contribution >= 0.6 is 11.6 Å². The number of likely N-dealkylation sites (tertiary alicyclic amines) is 1. The third-order valence-electron chi connectivity index (χ3n) is 5.70. The molecule has 1 aromatic carbocycles. The lowest BCUT2D eigenvalue weighted by Crippen LogP contribution is -2.50. The Kier molecular flexibility index (Phi) is 5.03. The van der Waals surface area contributed by atoms with E-state index in [-0.39, 0.29) is 11.8 Å². The minimum absolute atomic E-state index is 0.208. The Labute approximate surface area is 158 Å². The number of carbonyl (C=O) groups is 2. The molecule has 2 fully saturated rings. The lowest BCUT2D eigenvalue weighted by molar-refractivity contribution is -0.149. The molecule has 1 aliphatic carbocycles. The maximum atomic E-state index is 12.7. The van der Waals surface area contributed by atoms with E-state index in [0.717, 1.165) is 17.5 Å². The number of amides is 2. The molecule has 142 valence electrons. The molecule has 1 heterocycles. The molecule has 6 nitrogen and oxygen atoms in total. The van der Waals surface area contributed by atoms with Crippen LogP contribution in [0.3, 0.4) is 0 Å². The second-order valence-electron chi connectivity index (χ2n) is 7.91. The predicted molar refractivity (Wildman–Crippen MR) is 99.3 cm³/mol. The topological polar surface area (TPSA) is 95.7 Å². The van der Waals surface area contributed by atoms with Crippen LogP contribution < -0.4 is 11.1 Å². The van der Waals surface area contributed by atoms with Gasteiger partial charge in [0.2, 0.25) is 5.91 Å². The smallest absolute Gasteiger partial charge is 0.255 e. The second kappa shape index (κ2) is 6.83. The van der Waals surface area contributed by atoms with Crippen molar-refractivity contribution in [1.29, 1.82) is 0 Å². The second-order valence-corrected chi connectivity index (χ2v) is 8.35. The SMILES string of the molecule is CC1(C)C[C@@]1(O)C(=O)N1CCC[C@H]1C(=O)NCc1cc(Cl)ccc1CN. The number of hydrogen-bond acceptors (Lipinski definition) is 4. The van der Waals surface area contributed by atoms with Crippen molar-refractivity contribution < 1.29 is 14.7 Å². The first-order chi connectivity index (χ1) is 12.2. The molecule has 1 aliphatic heterocycles. The molecule has 0 unspecified atom stereocenters. The fourth-order valence-electron chi connectivity index (χ4n) is 3.74. The van der Waals surface area contributed by atoms with Gasteiger partial charge < -0.3 is 21.1 Å². The molecule has 4 N–H and O–H groups in total. The van der Waals surface area contributed by atoms with Crippen molar-refractivity contribution in [3.63, 3.8) is 0 Å². The number of nitrogens with zero attached hydrogens (tertiary/aromatic N) is 1. The number of rotatable bonds is 5. The van der Waals surface area contributed by atoms with Gasteiger partial charge in [-0.05, 0) is 42.5 Å². The number of nitrogens with one attached hydrogen (secondary N) is 1. The summed E-state index contributed by atoms with van der Waals surface area (Å²) in [5, 5.41) is 14.0. The zero-order valence-corrected chi connectivity index (χ0v) is 16.0. The van der Waals surface area contributed by atoms with Crippen LogP contribution in [0.4, 0.5) is 0 Å². The lowest BCUT2D eigenvalue weighted by atomic mass is 10.1. The number of carbonyl (C=O) groups excluding carboxylic acids is 2. The average Bonchev–Trinajstić information content (AvgIpc) is 2.95. The Morgan fingerprint density at radius 1 is 1.38 bits per heavy atom. The third kappa shape index (κ3) is 3.33. The number of hydrogen-bond donors (Lipinski definition) is 3. The summed E-state index contributed by atoms with van der Waals surface area (Å²) in [4.78, 5) is 27.0. The first-order valence-electron chi connectivity index (χ1n) is 8.98. The first-order valence-corrected chi connectivity index (χ1v) is 9.36. The first kappa shape index (κ1) is 19.1. The van der Waals surface area contributed by atoms with Crippen molar-refractivity contribution in [3.8, 4) is 0 Å². The van der Waals surface area contributed by atoms with E-state index in [1.165, 1.54) is 4.90 Å². The molecule has 3 rings (SSSR count). The Bertz CT molecular complexity index is 737. The van der Waals surface area contributed by atoms with Gasteiger partial charge in [0.05, 0.1) is 0 Å². The van der Waals surface area contributed by atoms with Gasteiger partial charge in [-0.3, -0.25) is 9.59 Å². The predicted octanol–water partition coefficient (Wildman–Crippen LogP) is 1.57. The maximum Gasteiger partial charge on any atom is 0.255 e. The van der Waals surface area contributed by atoms with Crippen LogP contribution in [0.2, 0.25) is 5.02 Å². The third-order valence-corrected chi connectivity index (χ3v) is 5.94. The highest BCUT2D eigenvalue weighted by Gasteiger charge is 2.67. The zero-order chi connectivity index (χ0) is 19.1. The van der Waals surface area contributed by atoms with Gasteiger partial charge in [0.25, 0.3) is 5.91 Å². The van der Waals surface area contributed by atoms with Crippen LogP contribution in [0, 0.1) is 5.41 Å². The van der Waals surface area contributed by atoms with Crippen LogP contribution in [0.1, 0.15) is 44.2 Å². The molecule has 1 aromatic rings. The minimum Gasteiger partial charge on any atom is -0.379 e. The Morgan fingerprint density at radius 3 is 2.69 bits per heavy atom. The van der Waals surface area contributed by atoms with Crippen molar-refractivity contribution in [1.82, 2.24) is 10.2 Å². The van der Waals surface area contributed by atoms with E-state index in [1.54, 1.807) is 12.1 Å². The zero-order valence-electron chi connectivity index (χ0n) is 15.2. The van der Waals surface area contributed by atoms with Gasteiger partial charge in [0.1, 0.15) is 11.6 Å². The number of nitrogens with two attached hydrogens (primary N) is 1. The summed E-state index contributed by atoms with van der Waals surface area (Å²) in [6.45, 7) is 4.90. The van der Waals surface area contributed by atoms with Gasteiger partial charge in [-0.25, -0.2) is 0 Å². The monoisotopic (exact) mass is 379 g/mol. The molecule has 0 aromatic heterocycles. The quantitative estimate of drug-likeness (QED) is 0.723. The molecule has 0 spiro atoms. The number of aliphatic hydroxyl groups is 1. The molecule has 2 amide bonds. The van der Waals surface area contributed by atoms with Crippen molar-refractivity contribution in [2.45, 2.75) is 57.8 Å². The van der Waals surface area contributed by atoms with Gasteiger partial charge >= 0.3 is 0 Å². The number of halogens is 1. The van der Waals surface area contributed by atoms with E-state index in [9.17, 15) is 14.7 Å². The Balaban J connectivity index is 1.66. The van der Waals surface area contributed by atoms with Crippen molar-refractivity contribution in [3.05, 3.63) is 34.3 Å². The summed E-state index contributed by atoms with van der Waals surface area (Å²) in [6, 6.07) is 4.87. The fourth-order valence-corrected chi connectivity index (χ4v) is 3.93. The fraction of sp³-hybridized carbons (Fsp3) is 0.579. The minimum atomic E-state index is -1.34. The molecule has 2 aliphatic rings. The molecular formula is C19H26ClN3O3.